The smallest absolute Gasteiger partial charge is 0.269 e. The van der Waals surface area contributed by atoms with Crippen LogP contribution in [0.25, 0.3) is 5.69 Å². The molecule has 35 heavy (non-hydrogen) atoms. The van der Waals surface area contributed by atoms with Gasteiger partial charge in [0.15, 0.2) is 5.69 Å². The molecule has 2 atom stereocenters. The predicted molar refractivity (Wildman–Crippen MR) is 131 cm³/mol. The monoisotopic (exact) mass is 472 g/mol. The molecule has 1 aliphatic rings. The van der Waals surface area contributed by atoms with Crippen LogP contribution >= 0.6 is 0 Å². The van der Waals surface area contributed by atoms with Crippen LogP contribution < -0.4 is 5.73 Å². The number of hydrogen-bond acceptors (Lipinski definition) is 5. The summed E-state index contributed by atoms with van der Waals surface area (Å²) in [5.41, 5.74) is 9.19. The van der Waals surface area contributed by atoms with Crippen molar-refractivity contribution in [1.82, 2.24) is 24.5 Å². The minimum atomic E-state index is -0.843. The van der Waals surface area contributed by atoms with Gasteiger partial charge in [-0.1, -0.05) is 17.9 Å². The zero-order valence-electron chi connectivity index (χ0n) is 19.5. The lowest BCUT2D eigenvalue weighted by Gasteiger charge is -2.24. The van der Waals surface area contributed by atoms with Gasteiger partial charge in [-0.05, 0) is 43.5 Å². The van der Waals surface area contributed by atoms with Crippen molar-refractivity contribution in [2.45, 2.75) is 37.8 Å². The number of amides is 2. The molecule has 180 valence electrons. The number of aliphatic hydroxyl groups excluding tert-OH is 1. The van der Waals surface area contributed by atoms with Crippen molar-refractivity contribution in [2.24, 2.45) is 5.73 Å². The van der Waals surface area contributed by atoms with E-state index in [2.05, 4.69) is 34.9 Å². The number of carbonyl (C=O) groups is 2. The first kappa shape index (κ1) is 25.3. The van der Waals surface area contributed by atoms with Crippen molar-refractivity contribution in [2.75, 3.05) is 13.6 Å². The maximum Gasteiger partial charge on any atom is 0.269 e. The number of aliphatic hydroxyl groups is 1. The molecule has 0 spiro atoms. The molecule has 9 nitrogen and oxygen atoms in total. The summed E-state index contributed by atoms with van der Waals surface area (Å²) in [5.74, 6) is 5.23. The van der Waals surface area contributed by atoms with E-state index in [9.17, 15) is 14.7 Å². The SMILES string of the molecule is C#C.CN(C=O)CC[C@@H](O)C#Cc1cccc(-n2nc(C(N)=O)c3c2CCC[C@H]3n2cccn2)c1. The Kier molecular flexibility index (Phi) is 8.44. The summed E-state index contributed by atoms with van der Waals surface area (Å²) >= 11 is 0. The summed E-state index contributed by atoms with van der Waals surface area (Å²) < 4.78 is 3.62. The number of hydrogen-bond donors (Lipinski definition) is 2. The van der Waals surface area contributed by atoms with Gasteiger partial charge >= 0.3 is 0 Å². The number of terminal acetylenes is 1. The van der Waals surface area contributed by atoms with E-state index in [1.165, 1.54) is 4.90 Å². The fraction of sp³-hybridized carbons (Fsp3) is 0.308. The Morgan fingerprint density at radius 3 is 2.89 bits per heavy atom. The van der Waals surface area contributed by atoms with Crippen molar-refractivity contribution in [1.29, 1.82) is 0 Å². The third kappa shape index (κ3) is 5.78. The van der Waals surface area contributed by atoms with Gasteiger partial charge in [0.25, 0.3) is 5.91 Å². The van der Waals surface area contributed by atoms with Crippen LogP contribution in [0.1, 0.15) is 52.6 Å². The van der Waals surface area contributed by atoms with Crippen LogP contribution in [0, 0.1) is 24.7 Å². The minimum Gasteiger partial charge on any atom is -0.380 e. The first-order valence-corrected chi connectivity index (χ1v) is 11.2. The summed E-state index contributed by atoms with van der Waals surface area (Å²) in [5, 5.41) is 19.0. The van der Waals surface area contributed by atoms with E-state index >= 15 is 0 Å². The number of rotatable bonds is 7. The van der Waals surface area contributed by atoms with Crippen LogP contribution in [0.15, 0.2) is 42.7 Å². The molecule has 3 aromatic rings. The van der Waals surface area contributed by atoms with E-state index in [1.54, 1.807) is 17.9 Å². The normalized spacial score (nSPS) is 14.9. The number of nitrogens with two attached hydrogens (primary N) is 1. The van der Waals surface area contributed by atoms with Crippen LogP contribution in [0.2, 0.25) is 0 Å². The van der Waals surface area contributed by atoms with Gasteiger partial charge in [0.05, 0.1) is 17.4 Å². The van der Waals surface area contributed by atoms with Gasteiger partial charge in [0.1, 0.15) is 6.10 Å². The highest BCUT2D eigenvalue weighted by molar-refractivity contribution is 5.93. The Morgan fingerprint density at radius 1 is 1.40 bits per heavy atom. The van der Waals surface area contributed by atoms with Crippen molar-refractivity contribution in [3.8, 4) is 30.4 Å². The summed E-state index contributed by atoms with van der Waals surface area (Å²) in [6.45, 7) is 0.423. The summed E-state index contributed by atoms with van der Waals surface area (Å²) in [6, 6.07) is 9.23. The second-order valence-electron chi connectivity index (χ2n) is 8.09. The molecule has 3 N–H and O–H groups in total. The fourth-order valence-electron chi connectivity index (χ4n) is 4.12. The van der Waals surface area contributed by atoms with E-state index in [0.717, 1.165) is 36.2 Å². The molecule has 1 aliphatic carbocycles. The molecule has 4 rings (SSSR count). The van der Waals surface area contributed by atoms with Crippen LogP contribution in [0.4, 0.5) is 0 Å². The molecule has 0 saturated carbocycles. The van der Waals surface area contributed by atoms with Gasteiger partial charge in [-0.2, -0.15) is 10.2 Å². The maximum absolute atomic E-state index is 12.2. The highest BCUT2D eigenvalue weighted by Crippen LogP contribution is 2.36. The quantitative estimate of drug-likeness (QED) is 0.399. The number of aromatic nitrogens is 4. The predicted octanol–water partition coefficient (Wildman–Crippen LogP) is 1.53. The Bertz CT molecular complexity index is 1250. The molecule has 2 aromatic heterocycles. The van der Waals surface area contributed by atoms with E-state index in [4.69, 9.17) is 5.73 Å². The van der Waals surface area contributed by atoms with Crippen LogP contribution in [-0.4, -0.2) is 61.6 Å². The van der Waals surface area contributed by atoms with E-state index in [1.807, 2.05) is 41.2 Å². The molecule has 2 amide bonds. The Balaban J connectivity index is 0.00000167. The fourth-order valence-corrected chi connectivity index (χ4v) is 4.12. The van der Waals surface area contributed by atoms with E-state index in [-0.39, 0.29) is 11.7 Å². The standard InChI is InChI=1S/C24H26N6O3.C2H2/c1-28(16-31)14-11-19(32)10-9-17-5-2-6-18(15-17)30-21-8-3-7-20(29-13-4-12-26-29)22(21)23(27-30)24(25)33;1-2/h2,4-6,12-13,15-16,19-20,32H,3,7-8,11,14H2,1H3,(H2,25,33);1-2H/t19-,20+;/m0./s1. The molecule has 9 heteroatoms. The molecule has 0 saturated heterocycles. The lowest BCUT2D eigenvalue weighted by molar-refractivity contribution is -0.117. The highest BCUT2D eigenvalue weighted by Gasteiger charge is 2.32. The lowest BCUT2D eigenvalue weighted by atomic mass is 9.90. The largest absolute Gasteiger partial charge is 0.380 e. The van der Waals surface area contributed by atoms with Crippen LogP contribution in [0.3, 0.4) is 0 Å². The highest BCUT2D eigenvalue weighted by atomic mass is 16.3. The van der Waals surface area contributed by atoms with Gasteiger partial charge in [-0.25, -0.2) is 4.68 Å². The van der Waals surface area contributed by atoms with Gasteiger partial charge < -0.3 is 15.7 Å². The van der Waals surface area contributed by atoms with Gasteiger partial charge in [-0.3, -0.25) is 14.3 Å². The van der Waals surface area contributed by atoms with Crippen molar-refractivity contribution in [3.05, 3.63) is 65.2 Å². The number of carbonyl (C=O) groups excluding carboxylic acids is 2. The molecule has 0 bridgehead atoms. The molecule has 2 heterocycles. The number of primary amides is 1. The minimum absolute atomic E-state index is 0.0948. The Morgan fingerprint density at radius 2 is 2.20 bits per heavy atom. The summed E-state index contributed by atoms with van der Waals surface area (Å²) in [4.78, 5) is 24.4. The molecule has 0 unspecified atom stereocenters. The topological polar surface area (TPSA) is 119 Å². The summed E-state index contributed by atoms with van der Waals surface area (Å²) in [6.07, 6.45) is 14.4. The molecular formula is C26H28N6O3. The average Bonchev–Trinajstić information content (AvgIpc) is 3.56. The van der Waals surface area contributed by atoms with Crippen LogP contribution in [0.5, 0.6) is 0 Å². The van der Waals surface area contributed by atoms with Gasteiger partial charge in [0, 0.05) is 43.5 Å². The number of benzene rings is 1. The van der Waals surface area contributed by atoms with E-state index < -0.39 is 12.0 Å². The lowest BCUT2D eigenvalue weighted by Crippen LogP contribution is -2.22. The first-order chi connectivity index (χ1) is 17.0. The third-order valence-corrected chi connectivity index (χ3v) is 5.73. The van der Waals surface area contributed by atoms with Crippen LogP contribution in [-0.2, 0) is 11.2 Å². The van der Waals surface area contributed by atoms with Crippen molar-refractivity contribution >= 4 is 12.3 Å². The van der Waals surface area contributed by atoms with E-state index in [0.29, 0.717) is 24.9 Å². The average molecular weight is 473 g/mol. The Labute approximate surface area is 204 Å². The molecule has 0 fully saturated rings. The van der Waals surface area contributed by atoms with Crippen molar-refractivity contribution < 1.29 is 14.7 Å². The van der Waals surface area contributed by atoms with Gasteiger partial charge in [-0.15, -0.1) is 12.8 Å². The molecule has 0 aliphatic heterocycles. The molecule has 0 radical (unpaired) electrons. The number of nitrogens with zero attached hydrogens (tertiary/aromatic N) is 5. The van der Waals surface area contributed by atoms with Gasteiger partial charge in [0.2, 0.25) is 6.41 Å². The maximum atomic E-state index is 12.2. The Hall–Kier alpha value is -4.34. The zero-order valence-corrected chi connectivity index (χ0v) is 19.5. The molecular weight excluding hydrogens is 444 g/mol. The third-order valence-electron chi connectivity index (χ3n) is 5.73. The first-order valence-electron chi connectivity index (χ1n) is 11.2. The van der Waals surface area contributed by atoms with Crippen molar-refractivity contribution in [3.63, 3.8) is 0 Å². The second-order valence-corrected chi connectivity index (χ2v) is 8.09. The summed E-state index contributed by atoms with van der Waals surface area (Å²) in [7, 11) is 1.65. The zero-order chi connectivity index (χ0) is 25.4. The molecule has 1 aromatic carbocycles. The number of fused-ring (bicyclic) bond motifs is 1. The second kappa shape index (κ2) is 11.7.